The monoisotopic (exact) mass is 437 g/mol. The first kappa shape index (κ1) is 19.8. The lowest BCUT2D eigenvalue weighted by Gasteiger charge is -2.21. The zero-order valence-corrected chi connectivity index (χ0v) is 17.9. The summed E-state index contributed by atoms with van der Waals surface area (Å²) in [6.45, 7) is 0.978. The standard InChI is InChI=1S/C23H23N3O4S/c27-20(26(13-16-5-3-11-29-16)14-17-6-4-12-30-17)9-10-25-15-24-22-21(23(25)28)18-7-1-2-8-19(18)31-22/h3-6,11-12,15H,1-2,7-10,13-14H2. The van der Waals surface area contributed by atoms with Crippen molar-refractivity contribution in [3.63, 3.8) is 0 Å². The molecular weight excluding hydrogens is 414 g/mol. The average Bonchev–Trinajstić information content (AvgIpc) is 3.53. The minimum Gasteiger partial charge on any atom is -0.467 e. The van der Waals surface area contributed by atoms with Gasteiger partial charge in [-0.1, -0.05) is 0 Å². The van der Waals surface area contributed by atoms with Gasteiger partial charge in [-0.3, -0.25) is 14.2 Å². The van der Waals surface area contributed by atoms with E-state index in [0.717, 1.165) is 29.5 Å². The molecule has 8 heteroatoms. The summed E-state index contributed by atoms with van der Waals surface area (Å²) in [6.07, 6.45) is 9.20. The van der Waals surface area contributed by atoms with Crippen LogP contribution < -0.4 is 5.56 Å². The lowest BCUT2D eigenvalue weighted by atomic mass is 9.97. The quantitative estimate of drug-likeness (QED) is 0.434. The van der Waals surface area contributed by atoms with Crippen LogP contribution in [0.15, 0.2) is 56.7 Å². The summed E-state index contributed by atoms with van der Waals surface area (Å²) in [5, 5.41) is 0.748. The molecule has 0 unspecified atom stereocenters. The Labute approximate surface area is 182 Å². The summed E-state index contributed by atoms with van der Waals surface area (Å²) < 4.78 is 12.4. The molecule has 0 radical (unpaired) electrons. The maximum atomic E-state index is 13.1. The van der Waals surface area contributed by atoms with Gasteiger partial charge in [-0.25, -0.2) is 4.98 Å². The van der Waals surface area contributed by atoms with Crippen LogP contribution in [0.25, 0.3) is 10.2 Å². The number of nitrogens with zero attached hydrogens (tertiary/aromatic N) is 3. The van der Waals surface area contributed by atoms with Gasteiger partial charge in [-0.15, -0.1) is 11.3 Å². The zero-order chi connectivity index (χ0) is 21.2. The van der Waals surface area contributed by atoms with Crippen molar-refractivity contribution in [2.75, 3.05) is 0 Å². The highest BCUT2D eigenvalue weighted by Gasteiger charge is 2.21. The number of hydrogen-bond donors (Lipinski definition) is 0. The highest BCUT2D eigenvalue weighted by atomic mass is 32.1. The summed E-state index contributed by atoms with van der Waals surface area (Å²) in [5.41, 5.74) is 1.13. The van der Waals surface area contributed by atoms with Crippen molar-refractivity contribution in [1.29, 1.82) is 0 Å². The number of aromatic nitrogens is 2. The topological polar surface area (TPSA) is 81.5 Å². The van der Waals surface area contributed by atoms with E-state index in [1.807, 2.05) is 12.1 Å². The SMILES string of the molecule is O=C(CCn1cnc2sc3c(c2c1=O)CCCC3)N(Cc1ccco1)Cc1ccco1. The molecule has 0 saturated heterocycles. The zero-order valence-electron chi connectivity index (χ0n) is 17.1. The van der Waals surface area contributed by atoms with E-state index in [0.29, 0.717) is 24.6 Å². The van der Waals surface area contributed by atoms with Gasteiger partial charge >= 0.3 is 0 Å². The van der Waals surface area contributed by atoms with E-state index in [9.17, 15) is 9.59 Å². The van der Waals surface area contributed by atoms with Gasteiger partial charge in [-0.2, -0.15) is 0 Å². The maximum Gasteiger partial charge on any atom is 0.262 e. The third-order valence-corrected chi connectivity index (χ3v) is 6.91. The third kappa shape index (κ3) is 4.07. The fraction of sp³-hybridized carbons (Fsp3) is 0.348. The summed E-state index contributed by atoms with van der Waals surface area (Å²) >= 11 is 1.64. The molecule has 0 aliphatic heterocycles. The molecule has 4 aromatic rings. The van der Waals surface area contributed by atoms with E-state index in [1.165, 1.54) is 16.9 Å². The van der Waals surface area contributed by atoms with Gasteiger partial charge in [0.25, 0.3) is 5.56 Å². The van der Waals surface area contributed by atoms with Crippen molar-refractivity contribution in [2.45, 2.75) is 51.7 Å². The molecule has 4 heterocycles. The number of carbonyl (C=O) groups is 1. The Hall–Kier alpha value is -3.13. The molecule has 4 aromatic heterocycles. The molecule has 7 nitrogen and oxygen atoms in total. The van der Waals surface area contributed by atoms with Gasteiger partial charge in [-0.05, 0) is 55.5 Å². The van der Waals surface area contributed by atoms with Crippen LogP contribution in [0.2, 0.25) is 0 Å². The Balaban J connectivity index is 1.34. The lowest BCUT2D eigenvalue weighted by Crippen LogP contribution is -2.32. The van der Waals surface area contributed by atoms with E-state index in [1.54, 1.807) is 51.8 Å². The highest BCUT2D eigenvalue weighted by molar-refractivity contribution is 7.18. The molecule has 31 heavy (non-hydrogen) atoms. The minimum atomic E-state index is -0.0767. The van der Waals surface area contributed by atoms with E-state index in [2.05, 4.69) is 4.98 Å². The Morgan fingerprint density at radius 3 is 2.48 bits per heavy atom. The number of amides is 1. The second kappa shape index (κ2) is 8.55. The number of fused-ring (bicyclic) bond motifs is 3. The molecule has 0 atom stereocenters. The highest BCUT2D eigenvalue weighted by Crippen LogP contribution is 2.33. The number of thiophene rings is 1. The molecule has 160 valence electrons. The van der Waals surface area contributed by atoms with E-state index in [4.69, 9.17) is 8.83 Å². The Morgan fingerprint density at radius 1 is 1.10 bits per heavy atom. The molecule has 1 aliphatic rings. The van der Waals surface area contributed by atoms with Crippen LogP contribution in [0, 0.1) is 0 Å². The number of hydrogen-bond acceptors (Lipinski definition) is 6. The molecular formula is C23H23N3O4S. The van der Waals surface area contributed by atoms with Crippen molar-refractivity contribution in [1.82, 2.24) is 14.5 Å². The van der Waals surface area contributed by atoms with Gasteiger partial charge in [0, 0.05) is 17.8 Å². The Kier molecular flexibility index (Phi) is 5.46. The van der Waals surface area contributed by atoms with Gasteiger partial charge in [0.1, 0.15) is 16.4 Å². The van der Waals surface area contributed by atoms with E-state index < -0.39 is 0 Å². The van der Waals surface area contributed by atoms with E-state index >= 15 is 0 Å². The van der Waals surface area contributed by atoms with Gasteiger partial charge in [0.2, 0.25) is 5.91 Å². The fourth-order valence-corrected chi connectivity index (χ4v) is 5.35. The van der Waals surface area contributed by atoms with Crippen LogP contribution in [0.1, 0.15) is 41.2 Å². The Bertz CT molecular complexity index is 1200. The second-order valence-electron chi connectivity index (χ2n) is 7.79. The van der Waals surface area contributed by atoms with Gasteiger partial charge in [0.05, 0.1) is 37.3 Å². The predicted molar refractivity (Wildman–Crippen MR) is 117 cm³/mol. The molecule has 0 spiro atoms. The van der Waals surface area contributed by atoms with Gasteiger partial charge in [0.15, 0.2) is 0 Å². The second-order valence-corrected chi connectivity index (χ2v) is 8.88. The molecule has 0 bridgehead atoms. The van der Waals surface area contributed by atoms with Crippen molar-refractivity contribution >= 4 is 27.5 Å². The van der Waals surface area contributed by atoms with E-state index in [-0.39, 0.29) is 24.4 Å². The third-order valence-electron chi connectivity index (χ3n) is 5.71. The minimum absolute atomic E-state index is 0.0409. The fourth-order valence-electron chi connectivity index (χ4n) is 4.13. The van der Waals surface area contributed by atoms with Crippen LogP contribution in [-0.2, 0) is 37.3 Å². The number of rotatable bonds is 7. The molecule has 5 rings (SSSR count). The first-order valence-corrected chi connectivity index (χ1v) is 11.3. The molecule has 0 fully saturated rings. The molecule has 0 aromatic carbocycles. The summed E-state index contributed by atoms with van der Waals surface area (Å²) in [6, 6.07) is 7.27. The Morgan fingerprint density at radius 2 is 1.81 bits per heavy atom. The average molecular weight is 438 g/mol. The van der Waals surface area contributed by atoms with Crippen LogP contribution in [0.4, 0.5) is 0 Å². The first-order valence-electron chi connectivity index (χ1n) is 10.5. The van der Waals surface area contributed by atoms with Crippen molar-refractivity contribution in [3.8, 4) is 0 Å². The van der Waals surface area contributed by atoms with Gasteiger partial charge < -0.3 is 13.7 Å². The first-order chi connectivity index (χ1) is 15.2. The predicted octanol–water partition coefficient (Wildman–Crippen LogP) is 4.14. The van der Waals surface area contributed by atoms with Crippen LogP contribution >= 0.6 is 11.3 Å². The van der Waals surface area contributed by atoms with Crippen LogP contribution in [-0.4, -0.2) is 20.4 Å². The normalized spacial score (nSPS) is 13.4. The molecule has 1 amide bonds. The molecule has 0 saturated carbocycles. The largest absolute Gasteiger partial charge is 0.467 e. The maximum absolute atomic E-state index is 13.1. The number of furan rings is 2. The van der Waals surface area contributed by atoms with Crippen molar-refractivity contribution in [3.05, 3.63) is 75.4 Å². The van der Waals surface area contributed by atoms with Crippen molar-refractivity contribution < 1.29 is 13.6 Å². The van der Waals surface area contributed by atoms with Crippen LogP contribution in [0.5, 0.6) is 0 Å². The number of carbonyl (C=O) groups excluding carboxylic acids is 1. The summed E-state index contributed by atoms with van der Waals surface area (Å²) in [4.78, 5) is 34.5. The molecule has 1 aliphatic carbocycles. The lowest BCUT2D eigenvalue weighted by molar-refractivity contribution is -0.133. The number of aryl methyl sites for hydroxylation is 3. The summed E-state index contributed by atoms with van der Waals surface area (Å²) in [7, 11) is 0. The smallest absolute Gasteiger partial charge is 0.262 e. The van der Waals surface area contributed by atoms with Crippen LogP contribution in [0.3, 0.4) is 0 Å². The van der Waals surface area contributed by atoms with Crippen molar-refractivity contribution in [2.24, 2.45) is 0 Å². The summed E-state index contributed by atoms with van der Waals surface area (Å²) in [5.74, 6) is 1.32. The molecule has 0 N–H and O–H groups in total.